The molecule has 0 unspecified atom stereocenters. The molecule has 0 heterocycles. The quantitative estimate of drug-likeness (QED) is 0.477. The van der Waals surface area contributed by atoms with Gasteiger partial charge in [0, 0.05) is 13.2 Å². The summed E-state index contributed by atoms with van der Waals surface area (Å²) in [6.45, 7) is 10.7. The SMILES string of the molecule is CC.CCOC(OCC)C(N)=NCc1ccc(C)c(F)c1. The topological polar surface area (TPSA) is 56.8 Å². The van der Waals surface area contributed by atoms with Crippen LogP contribution in [0.25, 0.3) is 0 Å². The lowest BCUT2D eigenvalue weighted by Crippen LogP contribution is -2.34. The second kappa shape index (κ2) is 11.2. The lowest BCUT2D eigenvalue weighted by Gasteiger charge is -2.16. The van der Waals surface area contributed by atoms with Gasteiger partial charge in [-0.15, -0.1) is 0 Å². The first-order valence-electron chi connectivity index (χ1n) is 7.36. The Hall–Kier alpha value is -1.46. The number of amidine groups is 1. The Morgan fingerprint density at radius 2 is 1.81 bits per heavy atom. The van der Waals surface area contributed by atoms with Crippen LogP contribution in [0.1, 0.15) is 38.8 Å². The summed E-state index contributed by atoms with van der Waals surface area (Å²) >= 11 is 0. The lowest BCUT2D eigenvalue weighted by molar-refractivity contribution is -0.0907. The number of benzene rings is 1. The number of rotatable bonds is 7. The first kappa shape index (κ1) is 19.5. The number of nitrogens with two attached hydrogens (primary N) is 1. The monoisotopic (exact) mass is 298 g/mol. The van der Waals surface area contributed by atoms with Crippen molar-refractivity contribution in [1.29, 1.82) is 0 Å². The van der Waals surface area contributed by atoms with E-state index < -0.39 is 6.29 Å². The highest BCUT2D eigenvalue weighted by Gasteiger charge is 2.12. The van der Waals surface area contributed by atoms with Gasteiger partial charge >= 0.3 is 0 Å². The Balaban J connectivity index is 0.00000191. The van der Waals surface area contributed by atoms with E-state index in [4.69, 9.17) is 15.2 Å². The van der Waals surface area contributed by atoms with Crippen molar-refractivity contribution in [2.24, 2.45) is 10.7 Å². The minimum Gasteiger partial charge on any atom is -0.383 e. The van der Waals surface area contributed by atoms with Crippen molar-refractivity contribution in [3.63, 3.8) is 0 Å². The van der Waals surface area contributed by atoms with Crippen molar-refractivity contribution in [3.8, 4) is 0 Å². The van der Waals surface area contributed by atoms with E-state index >= 15 is 0 Å². The van der Waals surface area contributed by atoms with Crippen LogP contribution < -0.4 is 5.73 Å². The van der Waals surface area contributed by atoms with Crippen LogP contribution in [0, 0.1) is 12.7 Å². The van der Waals surface area contributed by atoms with Crippen LogP contribution >= 0.6 is 0 Å². The molecule has 120 valence electrons. The number of aryl methyl sites for hydroxylation is 1. The molecular formula is C16H27FN2O2. The van der Waals surface area contributed by atoms with Crippen molar-refractivity contribution >= 4 is 5.84 Å². The average molecular weight is 298 g/mol. The maximum Gasteiger partial charge on any atom is 0.216 e. The minimum absolute atomic E-state index is 0.238. The number of ether oxygens (including phenoxy) is 2. The molecule has 0 aliphatic rings. The van der Waals surface area contributed by atoms with E-state index in [1.165, 1.54) is 6.07 Å². The summed E-state index contributed by atoms with van der Waals surface area (Å²) in [5, 5.41) is 0. The van der Waals surface area contributed by atoms with Crippen LogP contribution in [0.4, 0.5) is 4.39 Å². The Bertz CT molecular complexity index is 430. The summed E-state index contributed by atoms with van der Waals surface area (Å²) < 4.78 is 24.0. The normalized spacial score (nSPS) is 11.3. The van der Waals surface area contributed by atoms with Crippen molar-refractivity contribution in [2.45, 2.75) is 47.5 Å². The molecule has 1 aromatic rings. The summed E-state index contributed by atoms with van der Waals surface area (Å²) in [6, 6.07) is 5.01. The first-order chi connectivity index (χ1) is 10.1. The van der Waals surface area contributed by atoms with Crippen molar-refractivity contribution < 1.29 is 13.9 Å². The minimum atomic E-state index is -0.634. The molecule has 0 saturated heterocycles. The Morgan fingerprint density at radius 1 is 1.24 bits per heavy atom. The molecule has 0 atom stereocenters. The zero-order chi connectivity index (χ0) is 16.3. The van der Waals surface area contributed by atoms with E-state index in [1.54, 1.807) is 13.0 Å². The molecule has 0 aliphatic carbocycles. The van der Waals surface area contributed by atoms with E-state index in [0.717, 1.165) is 5.56 Å². The largest absolute Gasteiger partial charge is 0.383 e. The van der Waals surface area contributed by atoms with E-state index in [9.17, 15) is 4.39 Å². The van der Waals surface area contributed by atoms with Gasteiger partial charge in [0.15, 0.2) is 5.84 Å². The summed E-state index contributed by atoms with van der Waals surface area (Å²) in [5.41, 5.74) is 7.19. The van der Waals surface area contributed by atoms with Crippen LogP contribution in [0.5, 0.6) is 0 Å². The van der Waals surface area contributed by atoms with Crippen molar-refractivity contribution in [2.75, 3.05) is 13.2 Å². The fourth-order valence-electron chi connectivity index (χ4n) is 1.51. The van der Waals surface area contributed by atoms with Crippen LogP contribution in [0.3, 0.4) is 0 Å². The van der Waals surface area contributed by atoms with Crippen molar-refractivity contribution in [3.05, 3.63) is 35.1 Å². The molecule has 4 nitrogen and oxygen atoms in total. The maximum atomic E-state index is 13.4. The zero-order valence-electron chi connectivity index (χ0n) is 13.6. The van der Waals surface area contributed by atoms with Gasteiger partial charge in [0.1, 0.15) is 5.82 Å². The molecule has 1 aromatic carbocycles. The van der Waals surface area contributed by atoms with Crippen molar-refractivity contribution in [1.82, 2.24) is 0 Å². The third-order valence-corrected chi connectivity index (χ3v) is 2.56. The third kappa shape index (κ3) is 7.20. The fraction of sp³-hybridized carbons (Fsp3) is 0.562. The van der Waals surface area contributed by atoms with Gasteiger partial charge < -0.3 is 15.2 Å². The van der Waals surface area contributed by atoms with E-state index in [1.807, 2.05) is 33.8 Å². The van der Waals surface area contributed by atoms with Crippen LogP contribution in [0.2, 0.25) is 0 Å². The number of nitrogens with zero attached hydrogens (tertiary/aromatic N) is 1. The molecule has 5 heteroatoms. The first-order valence-corrected chi connectivity index (χ1v) is 7.36. The maximum absolute atomic E-state index is 13.4. The highest BCUT2D eigenvalue weighted by atomic mass is 19.1. The molecule has 0 amide bonds. The zero-order valence-corrected chi connectivity index (χ0v) is 13.6. The standard InChI is InChI=1S/C14H21FN2O2.C2H6/c1-4-18-14(19-5-2)13(16)17-9-11-7-6-10(3)12(15)8-11;1-2/h6-8,14H,4-5,9H2,1-3H3,(H2,16,17);1-2H3. The van der Waals surface area contributed by atoms with Crippen LogP contribution in [0.15, 0.2) is 23.2 Å². The Labute approximate surface area is 127 Å². The second-order valence-corrected chi connectivity index (χ2v) is 4.07. The second-order valence-electron chi connectivity index (χ2n) is 4.07. The predicted octanol–water partition coefficient (Wildman–Crippen LogP) is 3.42. The fourth-order valence-corrected chi connectivity index (χ4v) is 1.51. The average Bonchev–Trinajstić information content (AvgIpc) is 2.50. The highest BCUT2D eigenvalue weighted by molar-refractivity contribution is 5.83. The smallest absolute Gasteiger partial charge is 0.216 e. The van der Waals surface area contributed by atoms with Gasteiger partial charge in [0.05, 0.1) is 6.54 Å². The molecule has 0 spiro atoms. The highest BCUT2D eigenvalue weighted by Crippen LogP contribution is 2.10. The number of hydrogen-bond acceptors (Lipinski definition) is 3. The summed E-state index contributed by atoms with van der Waals surface area (Å²) in [7, 11) is 0. The molecule has 0 saturated carbocycles. The van der Waals surface area contributed by atoms with Crippen LogP contribution in [-0.2, 0) is 16.0 Å². The van der Waals surface area contributed by atoms with Gasteiger partial charge in [-0.25, -0.2) is 4.39 Å². The third-order valence-electron chi connectivity index (χ3n) is 2.56. The predicted molar refractivity (Wildman–Crippen MR) is 84.9 cm³/mol. The lowest BCUT2D eigenvalue weighted by atomic mass is 10.1. The Morgan fingerprint density at radius 3 is 2.29 bits per heavy atom. The van der Waals surface area contributed by atoms with Gasteiger partial charge in [-0.05, 0) is 38.0 Å². The summed E-state index contributed by atoms with van der Waals surface area (Å²) in [5.74, 6) is 0.0297. The van der Waals surface area contributed by atoms with Crippen LogP contribution in [-0.4, -0.2) is 25.3 Å². The van der Waals surface area contributed by atoms with Gasteiger partial charge in [-0.2, -0.15) is 0 Å². The molecule has 0 bridgehead atoms. The van der Waals surface area contributed by atoms with Gasteiger partial charge in [0.25, 0.3) is 0 Å². The molecule has 2 N–H and O–H groups in total. The number of hydrogen-bond donors (Lipinski definition) is 1. The van der Waals surface area contributed by atoms with E-state index in [2.05, 4.69) is 4.99 Å². The van der Waals surface area contributed by atoms with Gasteiger partial charge in [-0.3, -0.25) is 4.99 Å². The molecular weight excluding hydrogens is 271 g/mol. The van der Waals surface area contributed by atoms with Gasteiger partial charge in [0.2, 0.25) is 6.29 Å². The molecule has 0 radical (unpaired) electrons. The Kier molecular flexibility index (Phi) is 10.4. The molecule has 21 heavy (non-hydrogen) atoms. The van der Waals surface area contributed by atoms with E-state index in [0.29, 0.717) is 25.3 Å². The molecule has 1 rings (SSSR count). The number of halogens is 1. The summed E-state index contributed by atoms with van der Waals surface area (Å²) in [6.07, 6.45) is -0.634. The van der Waals surface area contributed by atoms with E-state index in [-0.39, 0.29) is 11.7 Å². The number of aliphatic imine (C=N–C) groups is 1. The summed E-state index contributed by atoms with van der Waals surface area (Å²) in [4.78, 5) is 4.18. The molecule has 0 fully saturated rings. The molecule has 0 aromatic heterocycles. The molecule has 0 aliphatic heterocycles. The van der Waals surface area contributed by atoms with Gasteiger partial charge in [-0.1, -0.05) is 26.0 Å².